The summed E-state index contributed by atoms with van der Waals surface area (Å²) >= 11 is 0. The van der Waals surface area contributed by atoms with Gasteiger partial charge in [-0.1, -0.05) is 48.7 Å². The van der Waals surface area contributed by atoms with E-state index in [1.807, 2.05) is 11.0 Å². The van der Waals surface area contributed by atoms with Gasteiger partial charge in [0.1, 0.15) is 12.0 Å². The van der Waals surface area contributed by atoms with Crippen LogP contribution >= 0.6 is 0 Å². The highest BCUT2D eigenvalue weighted by atomic mass is 16.5. The number of aromatic nitrogens is 1. The first-order valence-corrected chi connectivity index (χ1v) is 13.9. The number of ether oxygens (including phenoxy) is 1. The summed E-state index contributed by atoms with van der Waals surface area (Å²) < 4.78 is 11.6. The number of aryl methyl sites for hydroxylation is 1. The number of benzene rings is 2. The number of likely N-dealkylation sites (tertiary alicyclic amines) is 1. The molecule has 6 rings (SSSR count). The molecule has 2 aromatic carbocycles. The van der Waals surface area contributed by atoms with Crippen molar-refractivity contribution in [3.8, 4) is 5.75 Å². The van der Waals surface area contributed by atoms with Crippen molar-refractivity contribution in [3.05, 3.63) is 82.6 Å². The Kier molecular flexibility index (Phi) is 6.92. The summed E-state index contributed by atoms with van der Waals surface area (Å²) in [5, 5.41) is 0. The molecule has 0 N–H and O–H groups in total. The molecule has 198 valence electrons. The van der Waals surface area contributed by atoms with Crippen molar-refractivity contribution >= 4 is 11.8 Å². The van der Waals surface area contributed by atoms with E-state index >= 15 is 0 Å². The fourth-order valence-electron chi connectivity index (χ4n) is 6.23. The third-order valence-electron chi connectivity index (χ3n) is 8.22. The van der Waals surface area contributed by atoms with Crippen molar-refractivity contribution in [2.45, 2.75) is 64.5 Å². The van der Waals surface area contributed by atoms with Gasteiger partial charge in [0.25, 0.3) is 5.91 Å². The number of fused-ring (bicyclic) bond motifs is 1. The largest absolute Gasteiger partial charge is 0.484 e. The maximum atomic E-state index is 13.7. The van der Waals surface area contributed by atoms with E-state index in [0.717, 1.165) is 75.7 Å². The van der Waals surface area contributed by atoms with Crippen molar-refractivity contribution in [1.82, 2.24) is 14.8 Å². The Morgan fingerprint density at radius 2 is 1.84 bits per heavy atom. The minimum Gasteiger partial charge on any atom is -0.484 e. The molecule has 7 heteroatoms. The molecular weight excluding hydrogens is 478 g/mol. The van der Waals surface area contributed by atoms with Gasteiger partial charge in [-0.25, -0.2) is 4.98 Å². The van der Waals surface area contributed by atoms with E-state index in [9.17, 15) is 9.59 Å². The van der Waals surface area contributed by atoms with Crippen molar-refractivity contribution in [2.75, 3.05) is 19.6 Å². The lowest BCUT2D eigenvalue weighted by molar-refractivity contribution is -0.137. The second-order valence-electron chi connectivity index (χ2n) is 10.9. The highest BCUT2D eigenvalue weighted by Crippen LogP contribution is 2.40. The molecule has 1 aliphatic carbocycles. The SMILES string of the molecule is Cc1cccc(C2c3cc(OCc4nc(C(=O)N5CCCC5)co4)ccc3CCN2C(=O)C2CCCC2)c1. The van der Waals surface area contributed by atoms with E-state index in [4.69, 9.17) is 9.15 Å². The molecule has 2 fully saturated rings. The van der Waals surface area contributed by atoms with Crippen molar-refractivity contribution in [3.63, 3.8) is 0 Å². The Morgan fingerprint density at radius 3 is 2.63 bits per heavy atom. The zero-order valence-corrected chi connectivity index (χ0v) is 22.0. The number of carbonyl (C=O) groups is 2. The lowest BCUT2D eigenvalue weighted by Gasteiger charge is -2.39. The number of carbonyl (C=O) groups excluding carboxylic acids is 2. The Bertz CT molecular complexity index is 1320. The zero-order valence-electron chi connectivity index (χ0n) is 22.0. The molecule has 7 nitrogen and oxygen atoms in total. The van der Waals surface area contributed by atoms with Gasteiger partial charge in [-0.05, 0) is 67.9 Å². The van der Waals surface area contributed by atoms with Crippen LogP contribution in [0.5, 0.6) is 5.75 Å². The predicted octanol–water partition coefficient (Wildman–Crippen LogP) is 5.46. The van der Waals surface area contributed by atoms with E-state index in [1.165, 1.54) is 17.4 Å². The van der Waals surface area contributed by atoms with Gasteiger partial charge in [-0.2, -0.15) is 0 Å². The third-order valence-corrected chi connectivity index (χ3v) is 8.22. The topological polar surface area (TPSA) is 75.9 Å². The van der Waals surface area contributed by atoms with Crippen LogP contribution in [0, 0.1) is 12.8 Å². The molecule has 3 aromatic rings. The first-order valence-electron chi connectivity index (χ1n) is 13.9. The smallest absolute Gasteiger partial charge is 0.275 e. The van der Waals surface area contributed by atoms with Crippen LogP contribution in [-0.4, -0.2) is 46.2 Å². The standard InChI is InChI=1S/C31H35N3O4/c1-21-7-6-10-24(17-21)29-26-18-25(12-11-22(26)13-16-34(29)30(35)23-8-2-3-9-23)37-20-28-32-27(19-38-28)31(36)33-14-4-5-15-33/h6-7,10-12,17-19,23,29H,2-5,8-9,13-16,20H2,1H3. The molecule has 2 amide bonds. The monoisotopic (exact) mass is 513 g/mol. The number of nitrogens with zero attached hydrogens (tertiary/aromatic N) is 3. The lowest BCUT2D eigenvalue weighted by Crippen LogP contribution is -2.43. The number of hydrogen-bond donors (Lipinski definition) is 0. The van der Waals surface area contributed by atoms with E-state index in [2.05, 4.69) is 53.2 Å². The summed E-state index contributed by atoms with van der Waals surface area (Å²) in [6.07, 6.45) is 8.58. The zero-order chi connectivity index (χ0) is 26.1. The van der Waals surface area contributed by atoms with Gasteiger partial charge >= 0.3 is 0 Å². The molecular formula is C31H35N3O4. The van der Waals surface area contributed by atoms with Gasteiger partial charge in [-0.3, -0.25) is 9.59 Å². The molecule has 3 heterocycles. The molecule has 0 bridgehead atoms. The lowest BCUT2D eigenvalue weighted by atomic mass is 9.86. The van der Waals surface area contributed by atoms with Gasteiger partial charge in [0, 0.05) is 25.6 Å². The molecule has 1 aromatic heterocycles. The van der Waals surface area contributed by atoms with Crippen molar-refractivity contribution in [2.24, 2.45) is 5.92 Å². The Labute approximate surface area is 223 Å². The molecule has 1 saturated heterocycles. The summed E-state index contributed by atoms with van der Waals surface area (Å²) in [4.78, 5) is 34.6. The number of hydrogen-bond acceptors (Lipinski definition) is 5. The molecule has 0 radical (unpaired) electrons. The Hall–Kier alpha value is -3.61. The first-order chi connectivity index (χ1) is 18.6. The molecule has 3 aliphatic rings. The van der Waals surface area contributed by atoms with E-state index in [0.29, 0.717) is 17.3 Å². The summed E-state index contributed by atoms with van der Waals surface area (Å²) in [5.74, 6) is 1.40. The molecule has 1 atom stereocenters. The second-order valence-corrected chi connectivity index (χ2v) is 10.9. The normalized spacial score (nSPS) is 19.6. The summed E-state index contributed by atoms with van der Waals surface area (Å²) in [6, 6.07) is 14.5. The molecule has 1 unspecified atom stereocenters. The highest BCUT2D eigenvalue weighted by Gasteiger charge is 2.36. The average Bonchev–Trinajstić information content (AvgIpc) is 3.74. The minimum absolute atomic E-state index is 0.0840. The fourth-order valence-corrected chi connectivity index (χ4v) is 6.23. The van der Waals surface area contributed by atoms with Crippen LogP contribution < -0.4 is 4.74 Å². The van der Waals surface area contributed by atoms with Gasteiger partial charge in [-0.15, -0.1) is 0 Å². The van der Waals surface area contributed by atoms with Gasteiger partial charge in [0.15, 0.2) is 12.3 Å². The minimum atomic E-state index is -0.137. The highest BCUT2D eigenvalue weighted by molar-refractivity contribution is 5.92. The van der Waals surface area contributed by atoms with E-state index in [1.54, 1.807) is 0 Å². The number of oxazole rings is 1. The molecule has 1 saturated carbocycles. The van der Waals surface area contributed by atoms with Gasteiger partial charge in [0.05, 0.1) is 6.04 Å². The van der Waals surface area contributed by atoms with Crippen LogP contribution in [-0.2, 0) is 17.8 Å². The maximum absolute atomic E-state index is 13.7. The molecule has 0 spiro atoms. The van der Waals surface area contributed by atoms with Crippen LogP contribution in [0.15, 0.2) is 53.1 Å². The summed E-state index contributed by atoms with van der Waals surface area (Å²) in [6.45, 7) is 4.50. The number of amides is 2. The van der Waals surface area contributed by atoms with E-state index < -0.39 is 0 Å². The fraction of sp³-hybridized carbons (Fsp3) is 0.452. The van der Waals surface area contributed by atoms with Crippen LogP contribution in [0.4, 0.5) is 0 Å². The predicted molar refractivity (Wildman–Crippen MR) is 143 cm³/mol. The van der Waals surface area contributed by atoms with Crippen LogP contribution in [0.1, 0.15) is 83.2 Å². The van der Waals surface area contributed by atoms with Crippen LogP contribution in [0.3, 0.4) is 0 Å². The van der Waals surface area contributed by atoms with Crippen molar-refractivity contribution < 1.29 is 18.7 Å². The molecule has 2 aliphatic heterocycles. The summed E-state index contributed by atoms with van der Waals surface area (Å²) in [5.41, 5.74) is 5.00. The number of rotatable bonds is 6. The van der Waals surface area contributed by atoms with Gasteiger partial charge < -0.3 is 19.0 Å². The second kappa shape index (κ2) is 10.6. The summed E-state index contributed by atoms with van der Waals surface area (Å²) in [7, 11) is 0. The van der Waals surface area contributed by atoms with Gasteiger partial charge in [0.2, 0.25) is 11.8 Å². The third kappa shape index (κ3) is 4.94. The first kappa shape index (κ1) is 24.7. The quantitative estimate of drug-likeness (QED) is 0.437. The van der Waals surface area contributed by atoms with Crippen LogP contribution in [0.25, 0.3) is 0 Å². The Morgan fingerprint density at radius 1 is 1.03 bits per heavy atom. The maximum Gasteiger partial charge on any atom is 0.275 e. The van der Waals surface area contributed by atoms with Crippen LogP contribution in [0.2, 0.25) is 0 Å². The average molecular weight is 514 g/mol. The molecule has 38 heavy (non-hydrogen) atoms. The van der Waals surface area contributed by atoms with E-state index in [-0.39, 0.29) is 30.4 Å². The Balaban J connectivity index is 1.24. The van der Waals surface area contributed by atoms with Crippen molar-refractivity contribution in [1.29, 1.82) is 0 Å².